The third kappa shape index (κ3) is 9.00. The van der Waals surface area contributed by atoms with Crippen molar-refractivity contribution in [3.05, 3.63) is 82.8 Å². The van der Waals surface area contributed by atoms with Crippen LogP contribution < -0.4 is 30.3 Å². The number of fused-ring (bicyclic) bond motifs is 5. The van der Waals surface area contributed by atoms with E-state index in [2.05, 4.69) is 42.7 Å². The van der Waals surface area contributed by atoms with Gasteiger partial charge in [0.25, 0.3) is 11.8 Å². The number of nitrogens with zero attached hydrogens (tertiary/aromatic N) is 7. The smallest absolute Gasteiger partial charge is 0.319 e. The summed E-state index contributed by atoms with van der Waals surface area (Å²) in [5.74, 6) is -2.05. The van der Waals surface area contributed by atoms with Crippen LogP contribution in [0.15, 0.2) is 60.8 Å². The molecule has 20 heteroatoms. The van der Waals surface area contributed by atoms with Gasteiger partial charge >= 0.3 is 6.01 Å². The van der Waals surface area contributed by atoms with Crippen molar-refractivity contribution in [2.24, 2.45) is 5.92 Å². The van der Waals surface area contributed by atoms with Crippen molar-refractivity contribution in [2.45, 2.75) is 75.2 Å². The molecule has 5 atom stereocenters. The summed E-state index contributed by atoms with van der Waals surface area (Å²) in [6, 6.07) is 15.9. The minimum absolute atomic E-state index is 0. The van der Waals surface area contributed by atoms with Crippen LogP contribution in [0.5, 0.6) is 11.8 Å². The number of pyridine rings is 1. The van der Waals surface area contributed by atoms with E-state index >= 15 is 4.39 Å². The molecule has 2 aromatic heterocycles. The molecule has 0 aliphatic carbocycles. The monoisotopic (exact) mass is 994 g/mol. The van der Waals surface area contributed by atoms with Gasteiger partial charge in [-0.25, -0.2) is 4.39 Å². The van der Waals surface area contributed by atoms with Gasteiger partial charge in [0.05, 0.1) is 23.1 Å². The van der Waals surface area contributed by atoms with E-state index in [4.69, 9.17) is 31.0 Å². The summed E-state index contributed by atoms with van der Waals surface area (Å²) < 4.78 is 29.2. The van der Waals surface area contributed by atoms with Crippen LogP contribution in [0.1, 0.15) is 65.7 Å². The van der Waals surface area contributed by atoms with Crippen molar-refractivity contribution in [1.29, 1.82) is 0 Å². The summed E-state index contributed by atoms with van der Waals surface area (Å²) in [6.45, 7) is 4.60. The molecule has 0 radical (unpaired) electrons. The second-order valence-electron chi connectivity index (χ2n) is 19.1. The predicted octanol–water partition coefficient (Wildman–Crippen LogP) is 4.76. The van der Waals surface area contributed by atoms with Crippen LogP contribution in [0.25, 0.3) is 32.9 Å². The van der Waals surface area contributed by atoms with Gasteiger partial charge in [0.1, 0.15) is 42.0 Å². The molecule has 5 fully saturated rings. The van der Waals surface area contributed by atoms with Crippen molar-refractivity contribution in [2.75, 3.05) is 64.4 Å². The molecule has 0 spiro atoms. The molecular formula is C50H53Cl2FN10O7. The van der Waals surface area contributed by atoms with E-state index in [1.807, 2.05) is 30.3 Å². The van der Waals surface area contributed by atoms with E-state index in [9.17, 15) is 24.0 Å². The molecule has 6 aliphatic rings. The summed E-state index contributed by atoms with van der Waals surface area (Å²) in [6.07, 6.45) is 6.24. The Kier molecular flexibility index (Phi) is 13.4. The van der Waals surface area contributed by atoms with Gasteiger partial charge in [0.15, 0.2) is 5.82 Å². The van der Waals surface area contributed by atoms with Crippen LogP contribution >= 0.6 is 24.0 Å². The number of imide groups is 2. The Bertz CT molecular complexity index is 2910. The van der Waals surface area contributed by atoms with E-state index < -0.39 is 35.5 Å². The lowest BCUT2D eigenvalue weighted by Crippen LogP contribution is -2.54. The number of likely N-dealkylation sites (tertiary alicyclic amines) is 2. The Morgan fingerprint density at radius 3 is 2.43 bits per heavy atom. The zero-order chi connectivity index (χ0) is 47.5. The second kappa shape index (κ2) is 19.6. The highest BCUT2D eigenvalue weighted by Crippen LogP contribution is 2.39. The minimum atomic E-state index is -1.05. The van der Waals surface area contributed by atoms with Crippen molar-refractivity contribution >= 4 is 81.0 Å². The van der Waals surface area contributed by atoms with Gasteiger partial charge in [-0.15, -0.1) is 12.4 Å². The summed E-state index contributed by atoms with van der Waals surface area (Å²) in [4.78, 5) is 85.7. The number of carbonyl (C=O) groups is 5. The maximum absolute atomic E-state index is 17.0. The molecule has 70 heavy (non-hydrogen) atoms. The molecule has 3 N–H and O–H groups in total. The quantitative estimate of drug-likeness (QED) is 0.115. The lowest BCUT2D eigenvalue weighted by atomic mass is 9.94. The van der Waals surface area contributed by atoms with Gasteiger partial charge in [-0.1, -0.05) is 41.9 Å². The Morgan fingerprint density at radius 2 is 1.66 bits per heavy atom. The van der Waals surface area contributed by atoms with Crippen LogP contribution in [0.2, 0.25) is 5.02 Å². The molecule has 5 aromatic rings. The number of nitrogens with one attached hydrogen (secondary N) is 3. The number of carbonyl (C=O) groups excluding carboxylic acids is 5. The van der Waals surface area contributed by atoms with Crippen LogP contribution in [0.4, 0.5) is 10.2 Å². The van der Waals surface area contributed by atoms with Crippen molar-refractivity contribution < 1.29 is 37.8 Å². The zero-order valence-corrected chi connectivity index (χ0v) is 40.1. The fourth-order valence-electron chi connectivity index (χ4n) is 11.2. The molecule has 17 nitrogen and oxygen atoms in total. The van der Waals surface area contributed by atoms with Gasteiger partial charge in [-0.2, -0.15) is 9.97 Å². The summed E-state index contributed by atoms with van der Waals surface area (Å²) in [5.41, 5.74) is 1.21. The standard InChI is InChI=1S/C50H52ClFN10O7.ClH/c1-59-25-31(60-17-14-28(15-18-60)46(64)53-16-19-68-33-10-11-34-36(21-33)49(67)62(48(34)66)39-12-13-40(63)56-47(39)65)20-32(59)26-69-50-57-44-37(45(58-50)61-23-29-8-9-30(24-61)55-29)22-54-43(42(44)52)35-6-2-4-27-5-3-7-38(51)41(27)35;/h2-7,10-11,21-22,28-32,39,55H,8-9,12-20,23-26H2,1H3,(H,53,64)(H,56,63,65);1H/t29?,30?,31-,32-,39?;/m0./s1. The van der Waals surface area contributed by atoms with Crippen molar-refractivity contribution in [3.63, 3.8) is 0 Å². The molecular weight excluding hydrogens is 943 g/mol. The molecule has 0 saturated carbocycles. The van der Waals surface area contributed by atoms with Gasteiger partial charge < -0.3 is 25.0 Å². The van der Waals surface area contributed by atoms with E-state index in [1.165, 1.54) is 12.1 Å². The normalized spacial score (nSPS) is 24.0. The minimum Gasteiger partial charge on any atom is -0.492 e. The number of benzene rings is 3. The zero-order valence-electron chi connectivity index (χ0n) is 38.5. The topological polar surface area (TPSA) is 192 Å². The molecule has 3 aromatic carbocycles. The summed E-state index contributed by atoms with van der Waals surface area (Å²) in [5, 5.41) is 11.5. The third-order valence-electron chi connectivity index (χ3n) is 14.8. The average molecular weight is 996 g/mol. The highest BCUT2D eigenvalue weighted by atomic mass is 35.5. The maximum Gasteiger partial charge on any atom is 0.319 e. The van der Waals surface area contributed by atoms with Crippen molar-refractivity contribution in [1.82, 2.24) is 45.6 Å². The lowest BCUT2D eigenvalue weighted by Gasteiger charge is -2.35. The first-order chi connectivity index (χ1) is 33.5. The highest BCUT2D eigenvalue weighted by Gasteiger charge is 2.45. The Morgan fingerprint density at radius 1 is 0.900 bits per heavy atom. The van der Waals surface area contributed by atoms with Crippen LogP contribution in [0, 0.1) is 11.7 Å². The first-order valence-electron chi connectivity index (χ1n) is 23.9. The summed E-state index contributed by atoms with van der Waals surface area (Å²) >= 11 is 6.68. The Labute approximate surface area is 414 Å². The molecule has 5 saturated heterocycles. The fourth-order valence-corrected chi connectivity index (χ4v) is 11.5. The van der Waals surface area contributed by atoms with E-state index in [-0.39, 0.29) is 90.7 Å². The van der Waals surface area contributed by atoms with Gasteiger partial charge in [0, 0.05) is 78.3 Å². The first-order valence-corrected chi connectivity index (χ1v) is 24.2. The largest absolute Gasteiger partial charge is 0.492 e. The maximum atomic E-state index is 17.0. The highest BCUT2D eigenvalue weighted by molar-refractivity contribution is 6.36. The van der Waals surface area contributed by atoms with Crippen LogP contribution in [-0.2, 0) is 14.4 Å². The Balaban J connectivity index is 0.00000567. The number of piperazine rings is 1. The van der Waals surface area contributed by atoms with Gasteiger partial charge in [-0.05, 0) is 88.3 Å². The van der Waals surface area contributed by atoms with Gasteiger partial charge in [0.2, 0.25) is 17.7 Å². The average Bonchev–Trinajstić information content (AvgIpc) is 3.98. The van der Waals surface area contributed by atoms with E-state index in [0.29, 0.717) is 59.1 Å². The molecule has 366 valence electrons. The van der Waals surface area contributed by atoms with E-state index in [1.54, 1.807) is 18.3 Å². The fraction of sp³-hybridized carbons (Fsp3) is 0.440. The number of piperidine rings is 2. The summed E-state index contributed by atoms with van der Waals surface area (Å²) in [7, 11) is 2.09. The number of ether oxygens (including phenoxy) is 2. The van der Waals surface area contributed by atoms with Crippen LogP contribution in [0.3, 0.4) is 0 Å². The first kappa shape index (κ1) is 47.6. The number of hydrogen-bond acceptors (Lipinski definition) is 14. The number of hydrogen-bond donors (Lipinski definition) is 3. The number of aromatic nitrogens is 3. The third-order valence-corrected chi connectivity index (χ3v) is 15.2. The van der Waals surface area contributed by atoms with Gasteiger partial charge in [-0.3, -0.25) is 49.0 Å². The molecule has 8 heterocycles. The number of anilines is 1. The van der Waals surface area contributed by atoms with Crippen LogP contribution in [-0.4, -0.2) is 149 Å². The molecule has 3 unspecified atom stereocenters. The van der Waals surface area contributed by atoms with E-state index in [0.717, 1.165) is 67.7 Å². The molecule has 6 aliphatic heterocycles. The molecule has 11 rings (SSSR count). The predicted molar refractivity (Wildman–Crippen MR) is 261 cm³/mol. The SMILES string of the molecule is CN1C[C@@H](N2CCC(C(=O)NCCOc3ccc4c(c3)C(=O)N(C3CCC(=O)NC3=O)C4=O)CC2)C[C@H]1COc1nc(N2CC3CCC(C2)N3)c2cnc(-c3cccc4cccc(Cl)c34)c(F)c2n1.Cl. The molecule has 5 amide bonds. The van der Waals surface area contributed by atoms with Crippen molar-refractivity contribution in [3.8, 4) is 23.0 Å². The molecule has 2 bridgehead atoms. The number of likely N-dealkylation sites (N-methyl/N-ethyl adjacent to an activating group) is 1. The Hall–Kier alpha value is -6.05. The lowest BCUT2D eigenvalue weighted by molar-refractivity contribution is -0.136. The number of rotatable bonds is 12. The number of amides is 5. The second-order valence-corrected chi connectivity index (χ2v) is 19.5. The number of halogens is 3.